The van der Waals surface area contributed by atoms with Crippen LogP contribution in [0.3, 0.4) is 0 Å². The molecule has 1 aliphatic heterocycles. The van der Waals surface area contributed by atoms with Gasteiger partial charge in [0.25, 0.3) is 0 Å². The highest BCUT2D eigenvalue weighted by Gasteiger charge is 2.21. The highest BCUT2D eigenvalue weighted by atomic mass is 35.5. The summed E-state index contributed by atoms with van der Waals surface area (Å²) in [5.74, 6) is 0.323. The summed E-state index contributed by atoms with van der Waals surface area (Å²) in [6.07, 6.45) is 1.80. The number of rotatable bonds is 4. The molecule has 0 radical (unpaired) electrons. The van der Waals surface area contributed by atoms with Crippen molar-refractivity contribution in [1.82, 2.24) is 10.6 Å². The molecule has 0 spiro atoms. The van der Waals surface area contributed by atoms with Gasteiger partial charge in [0.2, 0.25) is 5.91 Å². The fraction of sp³-hybridized carbons (Fsp3) is 0.462. The molecule has 100 valence electrons. The van der Waals surface area contributed by atoms with E-state index in [9.17, 15) is 4.79 Å². The van der Waals surface area contributed by atoms with Crippen LogP contribution in [0.5, 0.6) is 0 Å². The van der Waals surface area contributed by atoms with E-state index >= 15 is 0 Å². The van der Waals surface area contributed by atoms with Crippen LogP contribution in [-0.4, -0.2) is 25.5 Å². The Morgan fingerprint density at radius 1 is 1.39 bits per heavy atom. The minimum Gasteiger partial charge on any atom is -0.355 e. The maximum Gasteiger partial charge on any atom is 0.224 e. The zero-order valence-corrected chi connectivity index (χ0v) is 11.7. The van der Waals surface area contributed by atoms with Crippen molar-refractivity contribution in [1.29, 1.82) is 0 Å². The molecule has 1 heterocycles. The second-order valence-electron chi connectivity index (χ2n) is 4.36. The molecule has 1 amide bonds. The fourth-order valence-electron chi connectivity index (χ4n) is 2.00. The molecule has 18 heavy (non-hydrogen) atoms. The van der Waals surface area contributed by atoms with Gasteiger partial charge in [0, 0.05) is 18.1 Å². The van der Waals surface area contributed by atoms with Crippen LogP contribution in [0.25, 0.3) is 0 Å². The lowest BCUT2D eigenvalue weighted by molar-refractivity contribution is -0.124. The van der Waals surface area contributed by atoms with Crippen molar-refractivity contribution in [2.45, 2.75) is 12.8 Å². The smallest absolute Gasteiger partial charge is 0.224 e. The van der Waals surface area contributed by atoms with Gasteiger partial charge in [-0.1, -0.05) is 23.7 Å². The summed E-state index contributed by atoms with van der Waals surface area (Å²) in [7, 11) is 0. The molecule has 1 unspecified atom stereocenters. The monoisotopic (exact) mass is 288 g/mol. The number of benzene rings is 1. The van der Waals surface area contributed by atoms with Crippen molar-refractivity contribution in [2.75, 3.05) is 19.6 Å². The predicted molar refractivity (Wildman–Crippen MR) is 76.4 cm³/mol. The van der Waals surface area contributed by atoms with E-state index in [2.05, 4.69) is 10.6 Å². The number of nitrogens with one attached hydrogen (secondary N) is 2. The van der Waals surface area contributed by atoms with Gasteiger partial charge in [-0.25, -0.2) is 0 Å². The Kier molecular flexibility index (Phi) is 6.47. The van der Waals surface area contributed by atoms with Crippen LogP contribution >= 0.6 is 24.0 Å². The third-order valence-corrected chi connectivity index (χ3v) is 3.31. The largest absolute Gasteiger partial charge is 0.355 e. The Labute approximate surface area is 119 Å². The summed E-state index contributed by atoms with van der Waals surface area (Å²) in [6.45, 7) is 2.46. The average Bonchev–Trinajstić information content (AvgIpc) is 2.85. The molecule has 5 heteroatoms. The topological polar surface area (TPSA) is 41.1 Å². The zero-order valence-electron chi connectivity index (χ0n) is 10.1. The van der Waals surface area contributed by atoms with E-state index < -0.39 is 0 Å². The molecular weight excluding hydrogens is 271 g/mol. The lowest BCUT2D eigenvalue weighted by Gasteiger charge is -2.09. The van der Waals surface area contributed by atoms with Gasteiger partial charge in [-0.2, -0.15) is 0 Å². The molecule has 0 bridgehead atoms. The lowest BCUT2D eigenvalue weighted by atomic mass is 10.1. The molecule has 1 aliphatic rings. The van der Waals surface area contributed by atoms with Crippen LogP contribution in [-0.2, 0) is 11.2 Å². The highest BCUT2D eigenvalue weighted by Crippen LogP contribution is 2.10. The zero-order chi connectivity index (χ0) is 12.1. The summed E-state index contributed by atoms with van der Waals surface area (Å²) >= 11 is 5.81. The van der Waals surface area contributed by atoms with Crippen LogP contribution in [0.4, 0.5) is 0 Å². The predicted octanol–water partition coefficient (Wildman–Crippen LogP) is 2.03. The van der Waals surface area contributed by atoms with Gasteiger partial charge in [0.05, 0.1) is 5.92 Å². The van der Waals surface area contributed by atoms with Crippen molar-refractivity contribution >= 4 is 29.9 Å². The Hall–Kier alpha value is -0.770. The van der Waals surface area contributed by atoms with Crippen LogP contribution in [0.1, 0.15) is 12.0 Å². The van der Waals surface area contributed by atoms with E-state index in [1.165, 1.54) is 5.56 Å². The number of carbonyl (C=O) groups excluding carboxylic acids is 1. The molecule has 2 rings (SSSR count). The van der Waals surface area contributed by atoms with Crippen molar-refractivity contribution in [3.63, 3.8) is 0 Å². The second-order valence-corrected chi connectivity index (χ2v) is 4.79. The molecule has 1 fully saturated rings. The molecule has 3 nitrogen and oxygen atoms in total. The molecule has 0 aliphatic carbocycles. The normalized spacial score (nSPS) is 18.2. The fourth-order valence-corrected chi connectivity index (χ4v) is 2.13. The van der Waals surface area contributed by atoms with Crippen molar-refractivity contribution in [3.05, 3.63) is 34.9 Å². The number of hydrogen-bond donors (Lipinski definition) is 2. The molecule has 2 N–H and O–H groups in total. The van der Waals surface area contributed by atoms with Crippen molar-refractivity contribution < 1.29 is 4.79 Å². The summed E-state index contributed by atoms with van der Waals surface area (Å²) in [5, 5.41) is 6.91. The molecule has 0 saturated carbocycles. The van der Waals surface area contributed by atoms with E-state index in [-0.39, 0.29) is 24.2 Å². The Bertz CT molecular complexity index is 375. The summed E-state index contributed by atoms with van der Waals surface area (Å²) in [5.41, 5.74) is 1.19. The second kappa shape index (κ2) is 7.62. The van der Waals surface area contributed by atoms with Gasteiger partial charge < -0.3 is 10.6 Å². The first kappa shape index (κ1) is 15.3. The summed E-state index contributed by atoms with van der Waals surface area (Å²) < 4.78 is 0. The molecule has 0 aromatic heterocycles. The standard InChI is InChI=1S/C13H17ClN2O.ClH/c14-12-3-1-10(2-4-12)5-8-16-13(17)11-6-7-15-9-11;/h1-4,11,15H,5-9H2,(H,16,17);1H. The molecule has 1 aromatic rings. The van der Waals surface area contributed by atoms with E-state index in [4.69, 9.17) is 11.6 Å². The Balaban J connectivity index is 0.00000162. The number of halogens is 2. The van der Waals surface area contributed by atoms with Crippen LogP contribution < -0.4 is 10.6 Å². The molecule has 1 atom stereocenters. The van der Waals surface area contributed by atoms with Crippen LogP contribution in [0, 0.1) is 5.92 Å². The summed E-state index contributed by atoms with van der Waals surface area (Å²) in [4.78, 5) is 11.7. The SMILES string of the molecule is Cl.O=C(NCCc1ccc(Cl)cc1)C1CCNC1. The minimum atomic E-state index is 0. The van der Waals surface area contributed by atoms with Crippen molar-refractivity contribution in [3.8, 4) is 0 Å². The summed E-state index contributed by atoms with van der Waals surface area (Å²) in [6, 6.07) is 7.73. The van der Waals surface area contributed by atoms with Gasteiger partial charge in [0.1, 0.15) is 0 Å². The van der Waals surface area contributed by atoms with Gasteiger partial charge in [-0.3, -0.25) is 4.79 Å². The number of carbonyl (C=O) groups is 1. The first-order valence-corrected chi connectivity index (χ1v) is 6.36. The van der Waals surface area contributed by atoms with Gasteiger partial charge >= 0.3 is 0 Å². The van der Waals surface area contributed by atoms with E-state index in [0.29, 0.717) is 6.54 Å². The number of amides is 1. The highest BCUT2D eigenvalue weighted by molar-refractivity contribution is 6.30. The lowest BCUT2D eigenvalue weighted by Crippen LogP contribution is -2.33. The van der Waals surface area contributed by atoms with Crippen LogP contribution in [0.2, 0.25) is 5.02 Å². The van der Waals surface area contributed by atoms with Gasteiger partial charge in [-0.15, -0.1) is 12.4 Å². The first-order valence-electron chi connectivity index (χ1n) is 5.98. The Morgan fingerprint density at radius 2 is 2.11 bits per heavy atom. The van der Waals surface area contributed by atoms with Crippen molar-refractivity contribution in [2.24, 2.45) is 5.92 Å². The van der Waals surface area contributed by atoms with Gasteiger partial charge in [-0.05, 0) is 37.1 Å². The van der Waals surface area contributed by atoms with E-state index in [1.807, 2.05) is 24.3 Å². The van der Waals surface area contributed by atoms with E-state index in [0.717, 1.165) is 31.0 Å². The minimum absolute atomic E-state index is 0. The molecule has 1 aromatic carbocycles. The first-order chi connectivity index (χ1) is 8.25. The average molecular weight is 289 g/mol. The third-order valence-electron chi connectivity index (χ3n) is 3.06. The third kappa shape index (κ3) is 4.48. The maximum atomic E-state index is 11.7. The van der Waals surface area contributed by atoms with Crippen LogP contribution in [0.15, 0.2) is 24.3 Å². The molecular formula is C13H18Cl2N2O. The quantitative estimate of drug-likeness (QED) is 0.890. The van der Waals surface area contributed by atoms with E-state index in [1.54, 1.807) is 0 Å². The Morgan fingerprint density at radius 3 is 2.72 bits per heavy atom. The maximum absolute atomic E-state index is 11.7. The molecule has 1 saturated heterocycles. The van der Waals surface area contributed by atoms with Gasteiger partial charge in [0.15, 0.2) is 0 Å². The number of hydrogen-bond acceptors (Lipinski definition) is 2.